The number of benzene rings is 2. The molecule has 2 aromatic carbocycles. The molecule has 2 aromatic heterocycles. The highest BCUT2D eigenvalue weighted by atomic mass is 35.5. The van der Waals surface area contributed by atoms with Gasteiger partial charge in [-0.2, -0.15) is 0 Å². The van der Waals surface area contributed by atoms with Gasteiger partial charge in [0.2, 0.25) is 0 Å². The molecular weight excluding hydrogens is 443 g/mol. The van der Waals surface area contributed by atoms with E-state index >= 15 is 0 Å². The first kappa shape index (κ1) is 20.6. The Morgan fingerprint density at radius 3 is 2.58 bits per heavy atom. The number of H-pyrrole nitrogens is 2. The second kappa shape index (κ2) is 8.25. The molecule has 31 heavy (non-hydrogen) atoms. The fourth-order valence-electron chi connectivity index (χ4n) is 3.34. The molecule has 10 heteroatoms. The standard InChI is InChI=1S/C21H14Cl2N4O4/c22-14-7-5-13(16(23)9-14)11-26-10-12(15-3-1-2-4-18(15)26)6-8-17-19(27(30)31)20(28)25-21(29)24-17/h1-10H,11H2,(H2,24,25,28,29). The molecule has 2 N–H and O–H groups in total. The number of halogens is 2. The zero-order valence-corrected chi connectivity index (χ0v) is 17.3. The van der Waals surface area contributed by atoms with Crippen LogP contribution in [0.2, 0.25) is 10.0 Å². The molecule has 0 unspecified atom stereocenters. The number of para-hydroxylation sites is 1. The lowest BCUT2D eigenvalue weighted by Gasteiger charge is -2.08. The van der Waals surface area contributed by atoms with Crippen molar-refractivity contribution in [2.45, 2.75) is 6.54 Å². The summed E-state index contributed by atoms with van der Waals surface area (Å²) >= 11 is 12.3. The molecule has 0 fully saturated rings. The molecule has 8 nitrogen and oxygen atoms in total. The third kappa shape index (κ3) is 4.16. The van der Waals surface area contributed by atoms with Gasteiger partial charge in [0.25, 0.3) is 0 Å². The summed E-state index contributed by atoms with van der Waals surface area (Å²) in [5.41, 5.74) is -0.262. The molecule has 0 radical (unpaired) electrons. The van der Waals surface area contributed by atoms with Crippen LogP contribution in [0.25, 0.3) is 23.1 Å². The van der Waals surface area contributed by atoms with Crippen LogP contribution in [0.5, 0.6) is 0 Å². The Kier molecular flexibility index (Phi) is 5.50. The maximum Gasteiger partial charge on any atom is 0.357 e. The van der Waals surface area contributed by atoms with Gasteiger partial charge in [-0.05, 0) is 29.8 Å². The van der Waals surface area contributed by atoms with Gasteiger partial charge in [-0.15, -0.1) is 0 Å². The van der Waals surface area contributed by atoms with Gasteiger partial charge in [0.05, 0.1) is 4.92 Å². The van der Waals surface area contributed by atoms with Crippen LogP contribution in [0.3, 0.4) is 0 Å². The molecule has 0 aliphatic carbocycles. The number of nitrogens with zero attached hydrogens (tertiary/aromatic N) is 2. The van der Waals surface area contributed by atoms with E-state index in [1.165, 1.54) is 6.08 Å². The maximum absolute atomic E-state index is 11.8. The summed E-state index contributed by atoms with van der Waals surface area (Å²) in [5.74, 6) is 0. The number of rotatable bonds is 5. The number of fused-ring (bicyclic) bond motifs is 1. The lowest BCUT2D eigenvalue weighted by molar-refractivity contribution is -0.386. The highest BCUT2D eigenvalue weighted by molar-refractivity contribution is 6.35. The molecule has 0 aliphatic rings. The molecular formula is C21H14Cl2N4O4. The second-order valence-electron chi connectivity index (χ2n) is 6.73. The molecule has 0 saturated heterocycles. The van der Waals surface area contributed by atoms with Crippen LogP contribution in [0.4, 0.5) is 5.69 Å². The van der Waals surface area contributed by atoms with Gasteiger partial charge >= 0.3 is 16.9 Å². The minimum Gasteiger partial charge on any atom is -0.342 e. The van der Waals surface area contributed by atoms with Crippen LogP contribution in [0.15, 0.2) is 58.3 Å². The predicted molar refractivity (Wildman–Crippen MR) is 121 cm³/mol. The summed E-state index contributed by atoms with van der Waals surface area (Å²) in [6, 6.07) is 12.9. The maximum atomic E-state index is 11.8. The number of nitro groups is 1. The zero-order chi connectivity index (χ0) is 22.1. The van der Waals surface area contributed by atoms with Crippen molar-refractivity contribution in [1.29, 1.82) is 0 Å². The molecule has 4 rings (SSSR count). The molecule has 0 atom stereocenters. The van der Waals surface area contributed by atoms with Crippen molar-refractivity contribution < 1.29 is 4.92 Å². The van der Waals surface area contributed by atoms with E-state index in [9.17, 15) is 19.7 Å². The van der Waals surface area contributed by atoms with Gasteiger partial charge in [-0.25, -0.2) is 4.79 Å². The summed E-state index contributed by atoms with van der Waals surface area (Å²) in [5, 5.41) is 13.2. The Morgan fingerprint density at radius 2 is 1.84 bits per heavy atom. The highest BCUT2D eigenvalue weighted by Crippen LogP contribution is 2.27. The first-order valence-electron chi connectivity index (χ1n) is 9.04. The largest absolute Gasteiger partial charge is 0.357 e. The van der Waals surface area contributed by atoms with E-state index in [1.807, 2.05) is 46.1 Å². The van der Waals surface area contributed by atoms with Crippen molar-refractivity contribution in [3.05, 3.63) is 106 Å². The van der Waals surface area contributed by atoms with E-state index in [2.05, 4.69) is 4.98 Å². The van der Waals surface area contributed by atoms with E-state index in [0.29, 0.717) is 16.6 Å². The average molecular weight is 457 g/mol. The Bertz CT molecular complexity index is 1470. The number of nitrogens with one attached hydrogen (secondary N) is 2. The first-order valence-corrected chi connectivity index (χ1v) is 9.80. The third-order valence-corrected chi connectivity index (χ3v) is 5.32. The number of aromatic amines is 2. The van der Waals surface area contributed by atoms with E-state index < -0.39 is 21.9 Å². The minimum absolute atomic E-state index is 0.184. The second-order valence-corrected chi connectivity index (χ2v) is 7.57. The molecule has 156 valence electrons. The van der Waals surface area contributed by atoms with Crippen molar-refractivity contribution in [3.63, 3.8) is 0 Å². The van der Waals surface area contributed by atoms with Crippen LogP contribution >= 0.6 is 23.2 Å². The van der Waals surface area contributed by atoms with Gasteiger partial charge in [-0.3, -0.25) is 19.9 Å². The number of hydrogen-bond acceptors (Lipinski definition) is 4. The normalized spacial score (nSPS) is 11.4. The van der Waals surface area contributed by atoms with Crippen molar-refractivity contribution in [3.8, 4) is 0 Å². The van der Waals surface area contributed by atoms with Gasteiger partial charge in [0.15, 0.2) is 0 Å². The Balaban J connectivity index is 1.79. The van der Waals surface area contributed by atoms with Crippen LogP contribution in [-0.2, 0) is 6.54 Å². The fourth-order valence-corrected chi connectivity index (χ4v) is 3.81. The van der Waals surface area contributed by atoms with E-state index in [0.717, 1.165) is 22.0 Å². The summed E-state index contributed by atoms with van der Waals surface area (Å²) in [6.07, 6.45) is 4.82. The van der Waals surface area contributed by atoms with Gasteiger partial charge in [0.1, 0.15) is 5.69 Å². The lowest BCUT2D eigenvalue weighted by atomic mass is 10.1. The van der Waals surface area contributed by atoms with Crippen molar-refractivity contribution in [2.75, 3.05) is 0 Å². The summed E-state index contributed by atoms with van der Waals surface area (Å²) < 4.78 is 1.99. The van der Waals surface area contributed by atoms with Gasteiger partial charge in [0, 0.05) is 39.3 Å². The Hall–Kier alpha value is -3.62. The van der Waals surface area contributed by atoms with Crippen LogP contribution < -0.4 is 11.2 Å². The number of hydrogen-bond donors (Lipinski definition) is 2. The monoisotopic (exact) mass is 456 g/mol. The first-order chi connectivity index (χ1) is 14.8. The smallest absolute Gasteiger partial charge is 0.342 e. The van der Waals surface area contributed by atoms with E-state index in [1.54, 1.807) is 18.2 Å². The van der Waals surface area contributed by atoms with E-state index in [-0.39, 0.29) is 5.69 Å². The molecule has 0 saturated carbocycles. The van der Waals surface area contributed by atoms with Crippen molar-refractivity contribution in [2.24, 2.45) is 0 Å². The molecule has 0 bridgehead atoms. The number of aromatic nitrogens is 3. The zero-order valence-electron chi connectivity index (χ0n) is 15.8. The molecule has 4 aromatic rings. The van der Waals surface area contributed by atoms with Crippen LogP contribution in [-0.4, -0.2) is 19.5 Å². The Labute approximate surface area is 184 Å². The predicted octanol–water partition coefficient (Wildman–Crippen LogP) is 4.45. The fraction of sp³-hybridized carbons (Fsp3) is 0.0476. The summed E-state index contributed by atoms with van der Waals surface area (Å²) in [4.78, 5) is 38.0. The topological polar surface area (TPSA) is 114 Å². The lowest BCUT2D eigenvalue weighted by Crippen LogP contribution is -2.25. The van der Waals surface area contributed by atoms with Gasteiger partial charge < -0.3 is 9.55 Å². The average Bonchev–Trinajstić information content (AvgIpc) is 3.05. The molecule has 0 spiro atoms. The van der Waals surface area contributed by atoms with Crippen LogP contribution in [0.1, 0.15) is 16.8 Å². The van der Waals surface area contributed by atoms with Crippen molar-refractivity contribution in [1.82, 2.24) is 14.5 Å². The molecule has 0 aliphatic heterocycles. The minimum atomic E-state index is -1.06. The molecule has 2 heterocycles. The summed E-state index contributed by atoms with van der Waals surface area (Å²) in [7, 11) is 0. The van der Waals surface area contributed by atoms with Crippen LogP contribution in [0, 0.1) is 10.1 Å². The van der Waals surface area contributed by atoms with E-state index in [4.69, 9.17) is 23.2 Å². The third-order valence-electron chi connectivity index (χ3n) is 4.73. The SMILES string of the molecule is O=c1[nH]c(C=Cc2cn(Cc3ccc(Cl)cc3Cl)c3ccccc23)c([N+](=O)[O-])c(=O)[nH]1. The van der Waals surface area contributed by atoms with Gasteiger partial charge in [-0.1, -0.05) is 53.5 Å². The molecule has 0 amide bonds. The Morgan fingerprint density at radius 1 is 1.06 bits per heavy atom. The highest BCUT2D eigenvalue weighted by Gasteiger charge is 2.19. The summed E-state index contributed by atoms with van der Waals surface area (Å²) in [6.45, 7) is 0.479. The quantitative estimate of drug-likeness (QED) is 0.340. The van der Waals surface area contributed by atoms with Crippen molar-refractivity contribution >= 4 is 51.9 Å².